The van der Waals surface area contributed by atoms with Crippen molar-refractivity contribution in [2.75, 3.05) is 6.54 Å². The summed E-state index contributed by atoms with van der Waals surface area (Å²) < 4.78 is 0. The van der Waals surface area contributed by atoms with Gasteiger partial charge < -0.3 is 10.2 Å². The Bertz CT molecular complexity index is 316. The summed E-state index contributed by atoms with van der Waals surface area (Å²) in [6.07, 6.45) is 3.02. The number of hydrogen-bond donors (Lipinski definition) is 1. The third kappa shape index (κ3) is 2.08. The lowest BCUT2D eigenvalue weighted by Gasteiger charge is -2.16. The number of nitrogens with one attached hydrogen (secondary N) is 1. The SMILES string of the molecule is CC1=CN[C]N1CCc1ccccc1. The fourth-order valence-electron chi connectivity index (χ4n) is 1.50. The molecule has 0 aromatic heterocycles. The Morgan fingerprint density at radius 2 is 2.07 bits per heavy atom. The lowest BCUT2D eigenvalue weighted by Crippen LogP contribution is -2.20. The van der Waals surface area contributed by atoms with Crippen molar-refractivity contribution in [3.05, 3.63) is 54.5 Å². The van der Waals surface area contributed by atoms with E-state index in [1.807, 2.05) is 12.3 Å². The standard InChI is InChI=1S/C12H14N2/c1-11-9-13-10-14(11)8-7-12-5-3-2-4-6-12/h2-6,9,13H,7-8H2,1H3. The molecule has 2 heteroatoms. The summed E-state index contributed by atoms with van der Waals surface area (Å²) in [5, 5.41) is 2.97. The Morgan fingerprint density at radius 3 is 2.71 bits per heavy atom. The first-order valence-electron chi connectivity index (χ1n) is 4.86. The van der Waals surface area contributed by atoms with Crippen molar-refractivity contribution in [2.45, 2.75) is 13.3 Å². The summed E-state index contributed by atoms with van der Waals surface area (Å²) in [5.74, 6) is 0. The maximum Gasteiger partial charge on any atom is 0.205 e. The average molecular weight is 186 g/mol. The zero-order chi connectivity index (χ0) is 9.80. The van der Waals surface area contributed by atoms with Gasteiger partial charge in [-0.2, -0.15) is 0 Å². The van der Waals surface area contributed by atoms with Crippen LogP contribution in [0.3, 0.4) is 0 Å². The average Bonchev–Trinajstić information content (AvgIpc) is 2.63. The molecule has 1 N–H and O–H groups in total. The van der Waals surface area contributed by atoms with Gasteiger partial charge in [0.05, 0.1) is 0 Å². The topological polar surface area (TPSA) is 15.3 Å². The van der Waals surface area contributed by atoms with Crippen molar-refractivity contribution in [3.63, 3.8) is 0 Å². The Hall–Kier alpha value is -1.44. The third-order valence-corrected chi connectivity index (χ3v) is 2.37. The number of rotatable bonds is 3. The van der Waals surface area contributed by atoms with Crippen molar-refractivity contribution in [1.29, 1.82) is 0 Å². The first kappa shape index (κ1) is 9.13. The molecule has 1 aliphatic heterocycles. The van der Waals surface area contributed by atoms with Crippen molar-refractivity contribution in [2.24, 2.45) is 0 Å². The zero-order valence-corrected chi connectivity index (χ0v) is 8.33. The van der Waals surface area contributed by atoms with Gasteiger partial charge in [-0.3, -0.25) is 0 Å². The van der Waals surface area contributed by atoms with Gasteiger partial charge in [-0.15, -0.1) is 0 Å². The molecule has 0 aliphatic carbocycles. The molecule has 0 bridgehead atoms. The van der Waals surface area contributed by atoms with E-state index in [4.69, 9.17) is 0 Å². The van der Waals surface area contributed by atoms with E-state index >= 15 is 0 Å². The highest BCUT2D eigenvalue weighted by Gasteiger charge is 2.11. The second kappa shape index (κ2) is 4.18. The molecule has 2 radical (unpaired) electrons. The van der Waals surface area contributed by atoms with Gasteiger partial charge in [0.2, 0.25) is 6.67 Å². The fraction of sp³-hybridized carbons (Fsp3) is 0.250. The van der Waals surface area contributed by atoms with Crippen LogP contribution in [0.1, 0.15) is 12.5 Å². The van der Waals surface area contributed by atoms with Crippen LogP contribution in [0, 0.1) is 6.67 Å². The monoisotopic (exact) mass is 186 g/mol. The molecule has 14 heavy (non-hydrogen) atoms. The molecular weight excluding hydrogens is 172 g/mol. The van der Waals surface area contributed by atoms with Gasteiger partial charge in [0.1, 0.15) is 0 Å². The van der Waals surface area contributed by atoms with E-state index in [0.717, 1.165) is 13.0 Å². The molecular formula is C12H14N2. The first-order valence-corrected chi connectivity index (χ1v) is 4.86. The normalized spacial score (nSPS) is 15.2. The van der Waals surface area contributed by atoms with E-state index in [1.165, 1.54) is 11.3 Å². The minimum absolute atomic E-state index is 0.985. The highest BCUT2D eigenvalue weighted by Crippen LogP contribution is 2.11. The summed E-state index contributed by atoms with van der Waals surface area (Å²) in [7, 11) is 0. The summed E-state index contributed by atoms with van der Waals surface area (Å²) >= 11 is 0. The number of allylic oxidation sites excluding steroid dienone is 1. The van der Waals surface area contributed by atoms with Gasteiger partial charge in [-0.1, -0.05) is 30.3 Å². The fourth-order valence-corrected chi connectivity index (χ4v) is 1.50. The molecule has 0 unspecified atom stereocenters. The van der Waals surface area contributed by atoms with Crippen LogP contribution >= 0.6 is 0 Å². The third-order valence-electron chi connectivity index (χ3n) is 2.37. The van der Waals surface area contributed by atoms with E-state index < -0.39 is 0 Å². The summed E-state index contributed by atoms with van der Waals surface area (Å²) in [6, 6.07) is 10.5. The molecule has 0 amide bonds. The zero-order valence-electron chi connectivity index (χ0n) is 8.33. The summed E-state index contributed by atoms with van der Waals surface area (Å²) in [6.45, 7) is 6.13. The Morgan fingerprint density at radius 1 is 1.29 bits per heavy atom. The molecule has 0 spiro atoms. The van der Waals surface area contributed by atoms with Crippen molar-refractivity contribution in [1.82, 2.24) is 10.2 Å². The maximum atomic E-state index is 3.07. The minimum Gasteiger partial charge on any atom is -0.360 e. The lowest BCUT2D eigenvalue weighted by atomic mass is 10.1. The molecule has 72 valence electrons. The molecule has 0 saturated carbocycles. The Balaban J connectivity index is 1.86. The number of hydrogen-bond acceptors (Lipinski definition) is 2. The van der Waals surface area contributed by atoms with Crippen molar-refractivity contribution in [3.8, 4) is 0 Å². The Kier molecular flexibility index (Phi) is 2.73. The summed E-state index contributed by atoms with van der Waals surface area (Å²) in [5.41, 5.74) is 2.59. The molecule has 1 heterocycles. The van der Waals surface area contributed by atoms with Gasteiger partial charge in [-0.05, 0) is 18.9 Å². The van der Waals surface area contributed by atoms with Crippen LogP contribution < -0.4 is 5.32 Å². The number of nitrogens with zero attached hydrogens (tertiary/aromatic N) is 1. The maximum absolute atomic E-state index is 3.07. The van der Waals surface area contributed by atoms with Crippen molar-refractivity contribution >= 4 is 0 Å². The molecule has 1 aliphatic rings. The van der Waals surface area contributed by atoms with Crippen LogP contribution in [0.4, 0.5) is 0 Å². The van der Waals surface area contributed by atoms with Crippen LogP contribution in [0.5, 0.6) is 0 Å². The second-order valence-corrected chi connectivity index (χ2v) is 3.43. The molecule has 1 aromatic carbocycles. The first-order chi connectivity index (χ1) is 6.86. The highest BCUT2D eigenvalue weighted by molar-refractivity contribution is 5.16. The number of benzene rings is 1. The van der Waals surface area contributed by atoms with Crippen LogP contribution in [0.25, 0.3) is 0 Å². The van der Waals surface area contributed by atoms with Crippen molar-refractivity contribution < 1.29 is 0 Å². The van der Waals surface area contributed by atoms with Gasteiger partial charge in [0, 0.05) is 18.4 Å². The van der Waals surface area contributed by atoms with E-state index in [9.17, 15) is 0 Å². The van der Waals surface area contributed by atoms with E-state index in [1.54, 1.807) is 0 Å². The molecule has 2 nitrogen and oxygen atoms in total. The van der Waals surface area contributed by atoms with E-state index in [2.05, 4.69) is 48.1 Å². The molecule has 1 aromatic rings. The van der Waals surface area contributed by atoms with E-state index in [0.29, 0.717) is 0 Å². The minimum atomic E-state index is 0.985. The van der Waals surface area contributed by atoms with Crippen LogP contribution in [-0.4, -0.2) is 11.4 Å². The van der Waals surface area contributed by atoms with Crippen LogP contribution in [0.2, 0.25) is 0 Å². The van der Waals surface area contributed by atoms with Gasteiger partial charge in [-0.25, -0.2) is 0 Å². The molecule has 2 rings (SSSR count). The molecule has 0 saturated heterocycles. The second-order valence-electron chi connectivity index (χ2n) is 3.43. The molecule has 0 atom stereocenters. The Labute approximate surface area is 85.2 Å². The van der Waals surface area contributed by atoms with Crippen LogP contribution in [0.15, 0.2) is 42.2 Å². The van der Waals surface area contributed by atoms with Crippen LogP contribution in [-0.2, 0) is 6.42 Å². The van der Waals surface area contributed by atoms with Gasteiger partial charge in [0.15, 0.2) is 0 Å². The predicted molar refractivity (Wildman–Crippen MR) is 57.0 cm³/mol. The molecule has 0 fully saturated rings. The largest absolute Gasteiger partial charge is 0.360 e. The highest BCUT2D eigenvalue weighted by atomic mass is 15.3. The van der Waals surface area contributed by atoms with Gasteiger partial charge in [0.25, 0.3) is 0 Å². The van der Waals surface area contributed by atoms with Gasteiger partial charge >= 0.3 is 0 Å². The quantitative estimate of drug-likeness (QED) is 0.776. The lowest BCUT2D eigenvalue weighted by molar-refractivity contribution is 0.430. The van der Waals surface area contributed by atoms with E-state index in [-0.39, 0.29) is 0 Å². The predicted octanol–water partition coefficient (Wildman–Crippen LogP) is 1.99. The smallest absolute Gasteiger partial charge is 0.205 e. The summed E-state index contributed by atoms with van der Waals surface area (Å²) in [4.78, 5) is 2.10.